The maximum absolute atomic E-state index is 12.6. The summed E-state index contributed by atoms with van der Waals surface area (Å²) < 4.78 is 0. The molecule has 1 N–H and O–H groups in total. The van der Waals surface area contributed by atoms with E-state index in [0.717, 1.165) is 5.56 Å². The lowest BCUT2D eigenvalue weighted by atomic mass is 10.2. The maximum Gasteiger partial charge on any atom is 0.274 e. The van der Waals surface area contributed by atoms with Gasteiger partial charge in [0.15, 0.2) is 0 Å². The van der Waals surface area contributed by atoms with Crippen molar-refractivity contribution >= 4 is 29.1 Å². The summed E-state index contributed by atoms with van der Waals surface area (Å²) in [5.74, 6) is 0.219. The van der Waals surface area contributed by atoms with Crippen molar-refractivity contribution in [2.75, 3.05) is 10.2 Å². The van der Waals surface area contributed by atoms with Crippen molar-refractivity contribution in [3.8, 4) is 0 Å². The molecule has 0 saturated heterocycles. The Bertz CT molecular complexity index is 915. The van der Waals surface area contributed by atoms with E-state index in [1.54, 1.807) is 36.5 Å². The van der Waals surface area contributed by atoms with E-state index in [0.29, 0.717) is 28.9 Å². The van der Waals surface area contributed by atoms with E-state index >= 15 is 0 Å². The van der Waals surface area contributed by atoms with Gasteiger partial charge in [-0.15, -0.1) is 0 Å². The number of carbonyl (C=O) groups is 1. The molecule has 0 aliphatic rings. The van der Waals surface area contributed by atoms with Crippen molar-refractivity contribution in [2.24, 2.45) is 0 Å². The quantitative estimate of drug-likeness (QED) is 0.667. The zero-order valence-corrected chi connectivity index (χ0v) is 16.0. The molecule has 0 saturated carbocycles. The van der Waals surface area contributed by atoms with Gasteiger partial charge in [-0.25, -0.2) is 9.97 Å². The van der Waals surface area contributed by atoms with Crippen LogP contribution < -0.4 is 10.2 Å². The number of nitrogens with one attached hydrogen (secondary N) is 1. The molecule has 27 heavy (non-hydrogen) atoms. The van der Waals surface area contributed by atoms with Crippen molar-refractivity contribution in [3.63, 3.8) is 0 Å². The van der Waals surface area contributed by atoms with Crippen molar-refractivity contribution in [1.29, 1.82) is 0 Å². The van der Waals surface area contributed by atoms with Crippen LogP contribution in [0.1, 0.15) is 29.9 Å². The van der Waals surface area contributed by atoms with Crippen LogP contribution in [0.4, 0.5) is 11.6 Å². The Morgan fingerprint density at radius 1 is 1.11 bits per heavy atom. The summed E-state index contributed by atoms with van der Waals surface area (Å²) in [6, 6.07) is 18.9. The molecule has 0 spiro atoms. The van der Waals surface area contributed by atoms with E-state index in [9.17, 15) is 4.79 Å². The summed E-state index contributed by atoms with van der Waals surface area (Å²) >= 11 is 5.97. The fourth-order valence-corrected chi connectivity index (χ4v) is 2.83. The van der Waals surface area contributed by atoms with E-state index in [4.69, 9.17) is 11.6 Å². The van der Waals surface area contributed by atoms with Crippen LogP contribution in [0.15, 0.2) is 66.9 Å². The molecule has 0 atom stereocenters. The van der Waals surface area contributed by atoms with Crippen LogP contribution >= 0.6 is 11.6 Å². The van der Waals surface area contributed by atoms with Crippen LogP contribution in [-0.4, -0.2) is 21.9 Å². The largest absolute Gasteiger partial charge is 0.334 e. The van der Waals surface area contributed by atoms with E-state index in [2.05, 4.69) is 46.2 Å². The lowest BCUT2D eigenvalue weighted by Crippen LogP contribution is -2.32. The highest BCUT2D eigenvalue weighted by Gasteiger charge is 2.17. The second-order valence-corrected chi connectivity index (χ2v) is 6.85. The molecule has 3 aromatic rings. The highest BCUT2D eigenvalue weighted by molar-refractivity contribution is 6.30. The summed E-state index contributed by atoms with van der Waals surface area (Å²) in [5, 5.41) is 3.37. The normalized spacial score (nSPS) is 10.7. The summed E-state index contributed by atoms with van der Waals surface area (Å²) in [4.78, 5) is 23.5. The minimum atomic E-state index is -0.302. The molecule has 0 radical (unpaired) electrons. The first-order valence-corrected chi connectivity index (χ1v) is 9.11. The standard InChI is InChI=1S/C21H21ClN4O/c1-15(2)26(14-16-7-4-3-5-8-16)21-23-12-11-19(25-21)20(27)24-18-10-6-9-17(22)13-18/h3-13,15H,14H2,1-2H3,(H,24,27). The Labute approximate surface area is 164 Å². The van der Waals surface area contributed by atoms with Gasteiger partial charge in [0.2, 0.25) is 5.95 Å². The molecule has 5 nitrogen and oxygen atoms in total. The number of rotatable bonds is 6. The van der Waals surface area contributed by atoms with Gasteiger partial charge in [0.05, 0.1) is 0 Å². The molecule has 3 rings (SSSR count). The fourth-order valence-electron chi connectivity index (χ4n) is 2.64. The number of carbonyl (C=O) groups excluding carboxylic acids is 1. The fraction of sp³-hybridized carbons (Fsp3) is 0.190. The first-order chi connectivity index (χ1) is 13.0. The minimum Gasteiger partial charge on any atom is -0.334 e. The summed E-state index contributed by atoms with van der Waals surface area (Å²) in [5.41, 5.74) is 2.08. The smallest absolute Gasteiger partial charge is 0.274 e. The Kier molecular flexibility index (Phi) is 6.04. The predicted molar refractivity (Wildman–Crippen MR) is 109 cm³/mol. The van der Waals surface area contributed by atoms with Crippen molar-refractivity contribution in [1.82, 2.24) is 9.97 Å². The molecule has 0 unspecified atom stereocenters. The lowest BCUT2D eigenvalue weighted by Gasteiger charge is -2.27. The molecular weight excluding hydrogens is 360 g/mol. The number of aromatic nitrogens is 2. The summed E-state index contributed by atoms with van der Waals surface area (Å²) in [7, 11) is 0. The summed E-state index contributed by atoms with van der Waals surface area (Å²) in [6.45, 7) is 4.81. The minimum absolute atomic E-state index is 0.177. The first-order valence-electron chi connectivity index (χ1n) is 8.73. The van der Waals surface area contributed by atoms with Gasteiger partial charge in [0.25, 0.3) is 5.91 Å². The first kappa shape index (κ1) is 18.9. The molecule has 1 amide bonds. The molecule has 0 aliphatic carbocycles. The average Bonchev–Trinajstić information content (AvgIpc) is 2.67. The van der Waals surface area contributed by atoms with Gasteiger partial charge in [-0.1, -0.05) is 48.0 Å². The zero-order valence-electron chi connectivity index (χ0n) is 15.3. The van der Waals surface area contributed by atoms with Crippen LogP contribution in [0.25, 0.3) is 0 Å². The molecule has 6 heteroatoms. The van der Waals surface area contributed by atoms with E-state index in [-0.39, 0.29) is 11.9 Å². The third kappa shape index (κ3) is 5.05. The molecule has 2 aromatic carbocycles. The Morgan fingerprint density at radius 3 is 2.59 bits per heavy atom. The second kappa shape index (κ2) is 8.64. The van der Waals surface area contributed by atoms with Crippen LogP contribution in [0.3, 0.4) is 0 Å². The molecular formula is C21H21ClN4O. The molecule has 0 aliphatic heterocycles. The van der Waals surface area contributed by atoms with E-state index in [1.165, 1.54) is 0 Å². The van der Waals surface area contributed by atoms with Gasteiger partial charge in [-0.05, 0) is 43.7 Å². The number of hydrogen-bond acceptors (Lipinski definition) is 4. The molecule has 0 bridgehead atoms. The topological polar surface area (TPSA) is 58.1 Å². The van der Waals surface area contributed by atoms with Crippen molar-refractivity contribution in [2.45, 2.75) is 26.4 Å². The van der Waals surface area contributed by atoms with Crippen LogP contribution in [-0.2, 0) is 6.54 Å². The number of amides is 1. The highest BCUT2D eigenvalue weighted by Crippen LogP contribution is 2.18. The van der Waals surface area contributed by atoms with Gasteiger partial charge in [0, 0.05) is 29.5 Å². The Morgan fingerprint density at radius 2 is 1.89 bits per heavy atom. The zero-order chi connectivity index (χ0) is 19.2. The van der Waals surface area contributed by atoms with E-state index < -0.39 is 0 Å². The third-order valence-electron chi connectivity index (χ3n) is 4.03. The number of anilines is 2. The predicted octanol–water partition coefficient (Wildman–Crippen LogP) is 4.80. The molecule has 1 aromatic heterocycles. The van der Waals surface area contributed by atoms with Gasteiger partial charge >= 0.3 is 0 Å². The number of benzene rings is 2. The molecule has 1 heterocycles. The number of nitrogens with zero attached hydrogens (tertiary/aromatic N) is 3. The monoisotopic (exact) mass is 380 g/mol. The highest BCUT2D eigenvalue weighted by atomic mass is 35.5. The Hall–Kier alpha value is -2.92. The van der Waals surface area contributed by atoms with E-state index in [1.807, 2.05) is 18.2 Å². The van der Waals surface area contributed by atoms with Gasteiger partial charge in [-0.3, -0.25) is 4.79 Å². The van der Waals surface area contributed by atoms with Crippen LogP contribution in [0.5, 0.6) is 0 Å². The number of hydrogen-bond donors (Lipinski definition) is 1. The SMILES string of the molecule is CC(C)N(Cc1ccccc1)c1nccc(C(=O)Nc2cccc(Cl)c2)n1. The lowest BCUT2D eigenvalue weighted by molar-refractivity contribution is 0.102. The van der Waals surface area contributed by atoms with Gasteiger partial charge in [0.1, 0.15) is 5.69 Å². The van der Waals surface area contributed by atoms with Gasteiger partial charge < -0.3 is 10.2 Å². The summed E-state index contributed by atoms with van der Waals surface area (Å²) in [6.07, 6.45) is 1.61. The average molecular weight is 381 g/mol. The number of halogens is 1. The molecule has 138 valence electrons. The van der Waals surface area contributed by atoms with Crippen molar-refractivity contribution < 1.29 is 4.79 Å². The van der Waals surface area contributed by atoms with Crippen molar-refractivity contribution in [3.05, 3.63) is 83.1 Å². The maximum atomic E-state index is 12.6. The van der Waals surface area contributed by atoms with Gasteiger partial charge in [-0.2, -0.15) is 0 Å². The second-order valence-electron chi connectivity index (χ2n) is 6.41. The van der Waals surface area contributed by atoms with Crippen LogP contribution in [0.2, 0.25) is 5.02 Å². The third-order valence-corrected chi connectivity index (χ3v) is 4.27. The van der Waals surface area contributed by atoms with Crippen LogP contribution in [0, 0.1) is 0 Å². The Balaban J connectivity index is 1.81. The molecule has 0 fully saturated rings.